The van der Waals surface area contributed by atoms with E-state index in [-0.39, 0.29) is 5.56 Å². The van der Waals surface area contributed by atoms with Gasteiger partial charge in [-0.1, -0.05) is 6.07 Å². The number of benzene rings is 1. The molecule has 3 N–H and O–H groups in total. The molecule has 0 fully saturated rings. The Hall–Kier alpha value is -2.68. The third-order valence-electron chi connectivity index (χ3n) is 2.67. The predicted octanol–water partition coefficient (Wildman–Crippen LogP) is 2.43. The number of nitrogen functional groups attached to an aromatic ring is 1. The van der Waals surface area contributed by atoms with Crippen LogP contribution in [0.3, 0.4) is 0 Å². The summed E-state index contributed by atoms with van der Waals surface area (Å²) in [4.78, 5) is 8.22. The molecule has 0 aliphatic heterocycles. The first-order valence-electron chi connectivity index (χ1n) is 5.59. The van der Waals surface area contributed by atoms with Crippen molar-refractivity contribution in [2.75, 3.05) is 11.1 Å². The van der Waals surface area contributed by atoms with Crippen LogP contribution in [-0.2, 0) is 0 Å². The molecule has 96 valence electrons. The van der Waals surface area contributed by atoms with E-state index in [1.54, 1.807) is 19.9 Å². The van der Waals surface area contributed by atoms with Gasteiger partial charge in [0.25, 0.3) is 0 Å². The summed E-state index contributed by atoms with van der Waals surface area (Å²) in [7, 11) is 0. The lowest BCUT2D eigenvalue weighted by Gasteiger charge is -2.12. The van der Waals surface area contributed by atoms with Crippen LogP contribution in [0, 0.1) is 31.0 Å². The Morgan fingerprint density at radius 1 is 1.32 bits per heavy atom. The number of nitrogens with one attached hydrogen (secondary N) is 1. The van der Waals surface area contributed by atoms with E-state index in [4.69, 9.17) is 11.0 Å². The molecule has 0 bridgehead atoms. The number of halogens is 1. The van der Waals surface area contributed by atoms with Crippen molar-refractivity contribution in [3.05, 3.63) is 41.0 Å². The van der Waals surface area contributed by atoms with Crippen LogP contribution < -0.4 is 11.1 Å². The summed E-state index contributed by atoms with van der Waals surface area (Å²) in [5, 5.41) is 11.9. The summed E-state index contributed by atoms with van der Waals surface area (Å²) in [6.45, 7) is 3.46. The van der Waals surface area contributed by atoms with Crippen molar-refractivity contribution in [1.82, 2.24) is 9.97 Å². The minimum Gasteiger partial charge on any atom is -0.383 e. The highest BCUT2D eigenvalue weighted by Gasteiger charge is 2.11. The van der Waals surface area contributed by atoms with E-state index in [1.165, 1.54) is 12.1 Å². The molecular formula is C13H12FN5. The second kappa shape index (κ2) is 4.90. The van der Waals surface area contributed by atoms with Crippen molar-refractivity contribution in [3.8, 4) is 6.07 Å². The highest BCUT2D eigenvalue weighted by atomic mass is 19.1. The number of nitrogens with zero attached hydrogens (tertiary/aromatic N) is 3. The van der Waals surface area contributed by atoms with Crippen LogP contribution in [0.4, 0.5) is 21.7 Å². The summed E-state index contributed by atoms with van der Waals surface area (Å²) >= 11 is 0. The van der Waals surface area contributed by atoms with Crippen molar-refractivity contribution < 1.29 is 4.39 Å². The molecule has 0 spiro atoms. The number of aromatic nitrogens is 2. The van der Waals surface area contributed by atoms with E-state index >= 15 is 0 Å². The minimum absolute atomic E-state index is 0.0586. The van der Waals surface area contributed by atoms with Crippen molar-refractivity contribution in [2.24, 2.45) is 0 Å². The average molecular weight is 257 g/mol. The maximum atomic E-state index is 13.5. The third kappa shape index (κ3) is 2.45. The summed E-state index contributed by atoms with van der Waals surface area (Å²) in [6.07, 6.45) is 0. The molecule has 0 saturated carbocycles. The number of rotatable bonds is 2. The zero-order valence-electron chi connectivity index (χ0n) is 10.5. The zero-order chi connectivity index (χ0) is 14.0. The van der Waals surface area contributed by atoms with Gasteiger partial charge in [0.05, 0.1) is 5.69 Å². The lowest BCUT2D eigenvalue weighted by Crippen LogP contribution is -2.06. The molecule has 1 aromatic heterocycles. The number of nitrogens with two attached hydrogens (primary N) is 1. The molecule has 19 heavy (non-hydrogen) atoms. The summed E-state index contributed by atoms with van der Waals surface area (Å²) in [6, 6.07) is 6.18. The smallest absolute Gasteiger partial charge is 0.143 e. The van der Waals surface area contributed by atoms with Gasteiger partial charge in [0, 0.05) is 5.56 Å². The topological polar surface area (TPSA) is 87.6 Å². The van der Waals surface area contributed by atoms with Gasteiger partial charge in [0.15, 0.2) is 0 Å². The van der Waals surface area contributed by atoms with E-state index in [9.17, 15) is 4.39 Å². The lowest BCUT2D eigenvalue weighted by atomic mass is 10.1. The predicted molar refractivity (Wildman–Crippen MR) is 70.3 cm³/mol. The Kier molecular flexibility index (Phi) is 3.29. The van der Waals surface area contributed by atoms with Crippen molar-refractivity contribution in [1.29, 1.82) is 5.26 Å². The Morgan fingerprint density at radius 3 is 2.74 bits per heavy atom. The first-order valence-corrected chi connectivity index (χ1v) is 5.59. The molecule has 1 heterocycles. The number of aryl methyl sites for hydroxylation is 1. The molecular weight excluding hydrogens is 245 g/mol. The van der Waals surface area contributed by atoms with E-state index < -0.39 is 5.82 Å². The summed E-state index contributed by atoms with van der Waals surface area (Å²) in [5.74, 6) is 0.737. The molecule has 0 aliphatic carbocycles. The second-order valence-corrected chi connectivity index (χ2v) is 4.03. The molecule has 0 saturated heterocycles. The normalized spacial score (nSPS) is 10.0. The van der Waals surface area contributed by atoms with Crippen molar-refractivity contribution in [3.63, 3.8) is 0 Å². The second-order valence-electron chi connectivity index (χ2n) is 4.03. The van der Waals surface area contributed by atoms with E-state index in [0.29, 0.717) is 28.7 Å². The fourth-order valence-corrected chi connectivity index (χ4v) is 1.64. The number of hydrogen-bond donors (Lipinski definition) is 2. The monoisotopic (exact) mass is 257 g/mol. The van der Waals surface area contributed by atoms with E-state index in [1.807, 2.05) is 6.07 Å². The quantitative estimate of drug-likeness (QED) is 0.862. The van der Waals surface area contributed by atoms with Crippen LogP contribution >= 0.6 is 0 Å². The first-order chi connectivity index (χ1) is 9.02. The van der Waals surface area contributed by atoms with Crippen LogP contribution in [0.5, 0.6) is 0 Å². The Labute approximate surface area is 109 Å². The standard InChI is InChI=1S/C13H12FN5/c1-7-12(16)17-8(2)18-13(7)19-11-5-3-4-10(14)9(11)6-15/h3-5H,1-2H3,(H3,16,17,18,19). The maximum absolute atomic E-state index is 13.5. The molecule has 0 aliphatic rings. The molecule has 0 radical (unpaired) electrons. The van der Waals surface area contributed by atoms with Crippen LogP contribution in [0.25, 0.3) is 0 Å². The van der Waals surface area contributed by atoms with Gasteiger partial charge in [-0.3, -0.25) is 0 Å². The van der Waals surface area contributed by atoms with Crippen molar-refractivity contribution >= 4 is 17.3 Å². The SMILES string of the molecule is Cc1nc(N)c(C)c(Nc2cccc(F)c2C#N)n1. The molecule has 0 unspecified atom stereocenters. The highest BCUT2D eigenvalue weighted by Crippen LogP contribution is 2.25. The Morgan fingerprint density at radius 2 is 2.05 bits per heavy atom. The maximum Gasteiger partial charge on any atom is 0.143 e. The van der Waals surface area contributed by atoms with Gasteiger partial charge in [-0.25, -0.2) is 14.4 Å². The fraction of sp³-hybridized carbons (Fsp3) is 0.154. The third-order valence-corrected chi connectivity index (χ3v) is 2.67. The molecule has 1 aromatic carbocycles. The molecule has 0 atom stereocenters. The van der Waals surface area contributed by atoms with Gasteiger partial charge >= 0.3 is 0 Å². The number of nitriles is 1. The Balaban J connectivity index is 2.48. The lowest BCUT2D eigenvalue weighted by molar-refractivity contribution is 0.624. The van der Waals surface area contributed by atoms with E-state index in [0.717, 1.165) is 0 Å². The van der Waals surface area contributed by atoms with E-state index in [2.05, 4.69) is 15.3 Å². The zero-order valence-corrected chi connectivity index (χ0v) is 10.5. The van der Waals surface area contributed by atoms with Crippen LogP contribution in [0.1, 0.15) is 17.0 Å². The fourth-order valence-electron chi connectivity index (χ4n) is 1.64. The van der Waals surface area contributed by atoms with Gasteiger partial charge < -0.3 is 11.1 Å². The van der Waals surface area contributed by atoms with Crippen LogP contribution in [0.15, 0.2) is 18.2 Å². The number of anilines is 3. The molecule has 2 aromatic rings. The first kappa shape index (κ1) is 12.8. The van der Waals surface area contributed by atoms with Crippen LogP contribution in [-0.4, -0.2) is 9.97 Å². The van der Waals surface area contributed by atoms with Gasteiger partial charge in [0.2, 0.25) is 0 Å². The van der Waals surface area contributed by atoms with Crippen LogP contribution in [0.2, 0.25) is 0 Å². The Bertz CT molecular complexity index is 675. The summed E-state index contributed by atoms with van der Waals surface area (Å²) in [5.41, 5.74) is 6.69. The molecule has 0 amide bonds. The summed E-state index contributed by atoms with van der Waals surface area (Å²) < 4.78 is 13.5. The molecule has 5 nitrogen and oxygen atoms in total. The highest BCUT2D eigenvalue weighted by molar-refractivity contribution is 5.68. The minimum atomic E-state index is -0.580. The largest absolute Gasteiger partial charge is 0.383 e. The van der Waals surface area contributed by atoms with Gasteiger partial charge in [-0.15, -0.1) is 0 Å². The molecule has 6 heteroatoms. The van der Waals surface area contributed by atoms with Gasteiger partial charge in [-0.2, -0.15) is 5.26 Å². The van der Waals surface area contributed by atoms with Crippen molar-refractivity contribution in [2.45, 2.75) is 13.8 Å². The van der Waals surface area contributed by atoms with Gasteiger partial charge in [0.1, 0.15) is 34.9 Å². The average Bonchev–Trinajstić information content (AvgIpc) is 2.35. The van der Waals surface area contributed by atoms with Gasteiger partial charge in [-0.05, 0) is 26.0 Å². The number of hydrogen-bond acceptors (Lipinski definition) is 5. The molecule has 2 rings (SSSR count).